The maximum Gasteiger partial charge on any atom is 0.311 e. The first-order chi connectivity index (χ1) is 7.93. The van der Waals surface area contributed by atoms with E-state index in [1.807, 2.05) is 6.92 Å². The Labute approximate surface area is 105 Å². The van der Waals surface area contributed by atoms with Gasteiger partial charge in [0, 0.05) is 4.88 Å². The molecule has 7 heteroatoms. The van der Waals surface area contributed by atoms with Crippen LogP contribution in [0, 0.1) is 0 Å². The molecule has 0 saturated heterocycles. The zero-order valence-corrected chi connectivity index (χ0v) is 11.1. The van der Waals surface area contributed by atoms with E-state index in [9.17, 15) is 13.2 Å². The SMILES string of the molecule is CCCCOC(=O)Cc1ccc(S(N)(=O)=O)s1. The van der Waals surface area contributed by atoms with Crippen LogP contribution in [0.15, 0.2) is 16.3 Å². The number of rotatable bonds is 6. The molecule has 1 heterocycles. The third-order valence-electron chi connectivity index (χ3n) is 2.00. The van der Waals surface area contributed by atoms with Gasteiger partial charge in [0.15, 0.2) is 0 Å². The highest BCUT2D eigenvalue weighted by Gasteiger charge is 2.13. The maximum atomic E-state index is 11.3. The van der Waals surface area contributed by atoms with E-state index in [1.165, 1.54) is 6.07 Å². The number of ether oxygens (including phenoxy) is 1. The normalized spacial score (nSPS) is 11.4. The highest BCUT2D eigenvalue weighted by molar-refractivity contribution is 7.91. The van der Waals surface area contributed by atoms with E-state index in [2.05, 4.69) is 0 Å². The number of thiophene rings is 1. The van der Waals surface area contributed by atoms with Gasteiger partial charge >= 0.3 is 5.97 Å². The summed E-state index contributed by atoms with van der Waals surface area (Å²) in [6.07, 6.45) is 1.88. The molecule has 0 aliphatic carbocycles. The molecule has 1 rings (SSSR count). The van der Waals surface area contributed by atoms with E-state index in [0.717, 1.165) is 24.2 Å². The molecule has 0 aliphatic rings. The molecule has 0 aromatic carbocycles. The third-order valence-corrected chi connectivity index (χ3v) is 4.52. The predicted molar refractivity (Wildman–Crippen MR) is 65.3 cm³/mol. The molecule has 0 atom stereocenters. The smallest absolute Gasteiger partial charge is 0.311 e. The van der Waals surface area contributed by atoms with E-state index in [1.54, 1.807) is 6.07 Å². The minimum atomic E-state index is -3.67. The van der Waals surface area contributed by atoms with E-state index >= 15 is 0 Å². The third kappa shape index (κ3) is 4.84. The number of sulfonamides is 1. The van der Waals surface area contributed by atoms with Gasteiger partial charge in [-0.15, -0.1) is 11.3 Å². The van der Waals surface area contributed by atoms with Gasteiger partial charge in [0.2, 0.25) is 10.0 Å². The van der Waals surface area contributed by atoms with Crippen LogP contribution in [0.5, 0.6) is 0 Å². The van der Waals surface area contributed by atoms with E-state index in [0.29, 0.717) is 11.5 Å². The van der Waals surface area contributed by atoms with Crippen molar-refractivity contribution in [2.24, 2.45) is 5.14 Å². The Hall–Kier alpha value is -0.920. The predicted octanol–water partition coefficient (Wildman–Crippen LogP) is 1.28. The van der Waals surface area contributed by atoms with Crippen molar-refractivity contribution in [3.8, 4) is 0 Å². The van der Waals surface area contributed by atoms with Gasteiger partial charge in [-0.3, -0.25) is 4.79 Å². The van der Waals surface area contributed by atoms with Crippen molar-refractivity contribution in [2.45, 2.75) is 30.4 Å². The zero-order valence-electron chi connectivity index (χ0n) is 9.51. The number of carbonyl (C=O) groups excluding carboxylic acids is 1. The second kappa shape index (κ2) is 6.13. The molecule has 17 heavy (non-hydrogen) atoms. The Balaban J connectivity index is 2.52. The van der Waals surface area contributed by atoms with Crippen LogP contribution in [0.2, 0.25) is 0 Å². The molecule has 0 aliphatic heterocycles. The number of unbranched alkanes of at least 4 members (excludes halogenated alkanes) is 1. The monoisotopic (exact) mass is 277 g/mol. The number of nitrogens with two attached hydrogens (primary N) is 1. The molecule has 0 fully saturated rings. The van der Waals surface area contributed by atoms with Gasteiger partial charge in [-0.05, 0) is 18.6 Å². The molecule has 0 amide bonds. The second-order valence-corrected chi connectivity index (χ2v) is 6.47. The zero-order chi connectivity index (χ0) is 12.9. The van der Waals surface area contributed by atoms with Crippen molar-refractivity contribution in [1.29, 1.82) is 0 Å². The van der Waals surface area contributed by atoms with Crippen molar-refractivity contribution in [2.75, 3.05) is 6.61 Å². The Morgan fingerprint density at radius 1 is 1.47 bits per heavy atom. The summed E-state index contributed by atoms with van der Waals surface area (Å²) >= 11 is 0.994. The first-order valence-corrected chi connectivity index (χ1v) is 7.57. The first kappa shape index (κ1) is 14.1. The van der Waals surface area contributed by atoms with Crippen molar-refractivity contribution >= 4 is 27.3 Å². The summed E-state index contributed by atoms with van der Waals surface area (Å²) in [4.78, 5) is 12.0. The van der Waals surface area contributed by atoms with Gasteiger partial charge in [0.1, 0.15) is 4.21 Å². The number of hydrogen-bond acceptors (Lipinski definition) is 5. The van der Waals surface area contributed by atoms with Crippen LogP contribution >= 0.6 is 11.3 Å². The molecule has 2 N–H and O–H groups in total. The number of hydrogen-bond donors (Lipinski definition) is 1. The average Bonchev–Trinajstić information content (AvgIpc) is 2.66. The van der Waals surface area contributed by atoms with Gasteiger partial charge in [-0.25, -0.2) is 13.6 Å². The molecule has 5 nitrogen and oxygen atoms in total. The van der Waals surface area contributed by atoms with Crippen LogP contribution in [0.25, 0.3) is 0 Å². The average molecular weight is 277 g/mol. The highest BCUT2D eigenvalue weighted by atomic mass is 32.2. The van der Waals surface area contributed by atoms with Crippen molar-refractivity contribution in [3.05, 3.63) is 17.0 Å². The molecule has 0 unspecified atom stereocenters. The summed E-state index contributed by atoms with van der Waals surface area (Å²) in [5.74, 6) is -0.346. The van der Waals surface area contributed by atoms with Crippen LogP contribution in [-0.4, -0.2) is 21.0 Å². The van der Waals surface area contributed by atoms with E-state index < -0.39 is 10.0 Å². The van der Waals surface area contributed by atoms with Crippen LogP contribution in [0.3, 0.4) is 0 Å². The summed E-state index contributed by atoms with van der Waals surface area (Å²) in [7, 11) is -3.67. The Morgan fingerprint density at radius 3 is 2.71 bits per heavy atom. The minimum absolute atomic E-state index is 0.0638. The van der Waals surface area contributed by atoms with E-state index in [-0.39, 0.29) is 16.6 Å². The lowest BCUT2D eigenvalue weighted by Crippen LogP contribution is -2.10. The highest BCUT2D eigenvalue weighted by Crippen LogP contribution is 2.20. The molecule has 0 saturated carbocycles. The van der Waals surface area contributed by atoms with Crippen molar-refractivity contribution in [1.82, 2.24) is 0 Å². The fourth-order valence-electron chi connectivity index (χ4n) is 1.13. The topological polar surface area (TPSA) is 86.5 Å². The van der Waals surface area contributed by atoms with Crippen LogP contribution in [-0.2, 0) is 26.0 Å². The second-order valence-electron chi connectivity index (χ2n) is 3.52. The molecule has 1 aromatic heterocycles. The quantitative estimate of drug-likeness (QED) is 0.627. The van der Waals surface area contributed by atoms with Crippen LogP contribution in [0.1, 0.15) is 24.6 Å². The molecule has 96 valence electrons. The molecular formula is C10H15NO4S2. The van der Waals surface area contributed by atoms with Crippen LogP contribution < -0.4 is 5.14 Å². The molecule has 0 radical (unpaired) electrons. The van der Waals surface area contributed by atoms with Crippen molar-refractivity contribution in [3.63, 3.8) is 0 Å². The molecular weight excluding hydrogens is 262 g/mol. The fraction of sp³-hybridized carbons (Fsp3) is 0.500. The lowest BCUT2D eigenvalue weighted by atomic mass is 10.3. The van der Waals surface area contributed by atoms with Gasteiger partial charge in [0.05, 0.1) is 13.0 Å². The van der Waals surface area contributed by atoms with Crippen LogP contribution in [0.4, 0.5) is 0 Å². The number of primary sulfonamides is 1. The Bertz CT molecular complexity index is 478. The van der Waals surface area contributed by atoms with Gasteiger partial charge in [-0.1, -0.05) is 13.3 Å². The molecule has 0 spiro atoms. The lowest BCUT2D eigenvalue weighted by Gasteiger charge is -2.01. The Morgan fingerprint density at radius 2 is 2.18 bits per heavy atom. The number of esters is 1. The minimum Gasteiger partial charge on any atom is -0.465 e. The number of carbonyl (C=O) groups is 1. The standard InChI is InChI=1S/C10H15NO4S2/c1-2-3-6-15-9(12)7-8-4-5-10(16-8)17(11,13)14/h4-5H,2-3,6-7H2,1H3,(H2,11,13,14). The van der Waals surface area contributed by atoms with Gasteiger partial charge in [0.25, 0.3) is 0 Å². The van der Waals surface area contributed by atoms with E-state index in [4.69, 9.17) is 9.88 Å². The Kier molecular flexibility index (Phi) is 5.10. The lowest BCUT2D eigenvalue weighted by molar-refractivity contribution is -0.142. The summed E-state index contributed by atoms with van der Waals surface area (Å²) < 4.78 is 27.1. The fourth-order valence-corrected chi connectivity index (χ4v) is 2.89. The summed E-state index contributed by atoms with van der Waals surface area (Å²) in [6, 6.07) is 2.97. The maximum absolute atomic E-state index is 11.3. The molecule has 1 aromatic rings. The summed E-state index contributed by atoms with van der Waals surface area (Å²) in [6.45, 7) is 2.41. The first-order valence-electron chi connectivity index (χ1n) is 5.20. The summed E-state index contributed by atoms with van der Waals surface area (Å²) in [5, 5.41) is 4.97. The summed E-state index contributed by atoms with van der Waals surface area (Å²) in [5.41, 5.74) is 0. The van der Waals surface area contributed by atoms with Gasteiger partial charge in [-0.2, -0.15) is 0 Å². The largest absolute Gasteiger partial charge is 0.465 e. The molecule has 0 bridgehead atoms. The van der Waals surface area contributed by atoms with Crippen molar-refractivity contribution < 1.29 is 17.9 Å². The van der Waals surface area contributed by atoms with Gasteiger partial charge < -0.3 is 4.74 Å².